The Balaban J connectivity index is 1.92. The zero-order valence-corrected chi connectivity index (χ0v) is 11.0. The minimum absolute atomic E-state index is 0.479. The van der Waals surface area contributed by atoms with Crippen molar-refractivity contribution in [1.29, 1.82) is 0 Å². The number of pyridine rings is 1. The molecule has 0 amide bonds. The number of alkyl halides is 1. The molecule has 1 heterocycles. The second-order valence-corrected chi connectivity index (χ2v) is 4.51. The van der Waals surface area contributed by atoms with Crippen molar-refractivity contribution in [2.24, 2.45) is 0 Å². The van der Waals surface area contributed by atoms with Crippen LogP contribution in [0.2, 0.25) is 0 Å². The highest BCUT2D eigenvalue weighted by Gasteiger charge is 2.01. The first kappa shape index (κ1) is 12.0. The van der Waals surface area contributed by atoms with Crippen LogP contribution in [0.25, 0.3) is 10.9 Å². The molecular formula is C16H12ClNO. The molecule has 0 aliphatic rings. The van der Waals surface area contributed by atoms with Crippen molar-refractivity contribution in [1.82, 2.24) is 4.98 Å². The van der Waals surface area contributed by atoms with Gasteiger partial charge >= 0.3 is 0 Å². The van der Waals surface area contributed by atoms with E-state index in [4.69, 9.17) is 16.3 Å². The van der Waals surface area contributed by atoms with Gasteiger partial charge < -0.3 is 4.74 Å². The molecule has 19 heavy (non-hydrogen) atoms. The molecule has 3 heteroatoms. The van der Waals surface area contributed by atoms with Crippen LogP contribution in [0.5, 0.6) is 11.5 Å². The highest BCUT2D eigenvalue weighted by molar-refractivity contribution is 6.17. The maximum atomic E-state index is 5.81. The molecule has 0 spiro atoms. The number of para-hydroxylation sites is 1. The highest BCUT2D eigenvalue weighted by Crippen LogP contribution is 2.24. The van der Waals surface area contributed by atoms with Crippen LogP contribution >= 0.6 is 11.6 Å². The number of halogens is 1. The van der Waals surface area contributed by atoms with Gasteiger partial charge in [0.2, 0.25) is 0 Å². The van der Waals surface area contributed by atoms with E-state index in [0.29, 0.717) is 5.88 Å². The summed E-state index contributed by atoms with van der Waals surface area (Å²) in [6, 6.07) is 17.7. The summed E-state index contributed by atoms with van der Waals surface area (Å²) >= 11 is 5.81. The smallest absolute Gasteiger partial charge is 0.146 e. The number of ether oxygens (including phenoxy) is 1. The molecule has 2 nitrogen and oxygen atoms in total. The molecular weight excluding hydrogens is 258 g/mol. The van der Waals surface area contributed by atoms with Crippen molar-refractivity contribution in [3.63, 3.8) is 0 Å². The number of fused-ring (bicyclic) bond motifs is 1. The lowest BCUT2D eigenvalue weighted by Crippen LogP contribution is -1.87. The van der Waals surface area contributed by atoms with Gasteiger partial charge in [-0.3, -0.25) is 4.98 Å². The van der Waals surface area contributed by atoms with Crippen molar-refractivity contribution in [3.05, 3.63) is 66.4 Å². The third kappa shape index (κ3) is 2.69. The fourth-order valence-corrected chi connectivity index (χ4v) is 2.10. The van der Waals surface area contributed by atoms with Gasteiger partial charge in [-0.25, -0.2) is 0 Å². The molecule has 0 radical (unpaired) electrons. The minimum atomic E-state index is 0.479. The van der Waals surface area contributed by atoms with Crippen LogP contribution in [-0.4, -0.2) is 4.98 Å². The van der Waals surface area contributed by atoms with Gasteiger partial charge in [0.1, 0.15) is 11.5 Å². The summed E-state index contributed by atoms with van der Waals surface area (Å²) in [7, 11) is 0. The van der Waals surface area contributed by atoms with E-state index in [9.17, 15) is 0 Å². The maximum Gasteiger partial charge on any atom is 0.146 e. The number of aromatic nitrogens is 1. The number of hydrogen-bond donors (Lipinski definition) is 0. The van der Waals surface area contributed by atoms with Gasteiger partial charge in [-0.2, -0.15) is 0 Å². The third-order valence-electron chi connectivity index (χ3n) is 2.85. The Hall–Kier alpha value is -2.06. The van der Waals surface area contributed by atoms with Gasteiger partial charge in [-0.15, -0.1) is 11.6 Å². The van der Waals surface area contributed by atoms with Crippen LogP contribution in [0.1, 0.15) is 5.56 Å². The van der Waals surface area contributed by atoms with E-state index in [1.54, 1.807) is 6.20 Å². The van der Waals surface area contributed by atoms with Crippen molar-refractivity contribution >= 4 is 22.5 Å². The first-order chi connectivity index (χ1) is 9.35. The van der Waals surface area contributed by atoms with Gasteiger partial charge in [0.15, 0.2) is 0 Å². The Morgan fingerprint density at radius 1 is 0.947 bits per heavy atom. The number of benzene rings is 2. The van der Waals surface area contributed by atoms with Gasteiger partial charge in [-0.05, 0) is 29.8 Å². The summed E-state index contributed by atoms with van der Waals surface area (Å²) in [6.07, 6.45) is 1.73. The molecule has 0 N–H and O–H groups in total. The summed E-state index contributed by atoms with van der Waals surface area (Å²) < 4.78 is 5.81. The number of hydrogen-bond acceptors (Lipinski definition) is 2. The predicted octanol–water partition coefficient (Wildman–Crippen LogP) is 4.77. The van der Waals surface area contributed by atoms with Crippen LogP contribution in [0.3, 0.4) is 0 Å². The van der Waals surface area contributed by atoms with Crippen molar-refractivity contribution in [2.75, 3.05) is 0 Å². The van der Waals surface area contributed by atoms with E-state index in [-0.39, 0.29) is 0 Å². The molecule has 2 aromatic carbocycles. The average molecular weight is 270 g/mol. The monoisotopic (exact) mass is 269 g/mol. The lowest BCUT2D eigenvalue weighted by atomic mass is 10.2. The molecule has 3 rings (SSSR count). The molecule has 0 atom stereocenters. The topological polar surface area (TPSA) is 22.1 Å². The first-order valence-electron chi connectivity index (χ1n) is 6.03. The van der Waals surface area contributed by atoms with E-state index in [2.05, 4.69) is 4.98 Å². The lowest BCUT2D eigenvalue weighted by Gasteiger charge is -2.07. The lowest BCUT2D eigenvalue weighted by molar-refractivity contribution is 0.481. The Labute approximate surface area is 116 Å². The van der Waals surface area contributed by atoms with Gasteiger partial charge in [-0.1, -0.05) is 30.3 Å². The van der Waals surface area contributed by atoms with Crippen molar-refractivity contribution < 1.29 is 4.74 Å². The summed E-state index contributed by atoms with van der Waals surface area (Å²) in [5.74, 6) is 1.98. The maximum absolute atomic E-state index is 5.81. The Kier molecular flexibility index (Phi) is 3.34. The number of rotatable bonds is 3. The van der Waals surface area contributed by atoms with E-state index in [1.165, 1.54) is 0 Å². The van der Waals surface area contributed by atoms with Gasteiger partial charge in [0.05, 0.1) is 11.7 Å². The largest absolute Gasteiger partial charge is 0.456 e. The van der Waals surface area contributed by atoms with Crippen molar-refractivity contribution in [3.8, 4) is 11.5 Å². The molecule has 0 aliphatic heterocycles. The molecule has 94 valence electrons. The summed E-state index contributed by atoms with van der Waals surface area (Å²) in [5.41, 5.74) is 2.00. The summed E-state index contributed by atoms with van der Waals surface area (Å²) in [6.45, 7) is 0. The van der Waals surface area contributed by atoms with Crippen molar-refractivity contribution in [2.45, 2.75) is 5.88 Å². The number of nitrogens with zero attached hydrogens (tertiary/aromatic N) is 1. The Bertz CT molecular complexity index is 712. The average Bonchev–Trinajstić information content (AvgIpc) is 2.47. The molecule has 0 saturated carbocycles. The summed E-state index contributed by atoms with van der Waals surface area (Å²) in [4.78, 5) is 4.37. The minimum Gasteiger partial charge on any atom is -0.456 e. The van der Waals surface area contributed by atoms with E-state index in [0.717, 1.165) is 28.0 Å². The van der Waals surface area contributed by atoms with Crippen LogP contribution in [-0.2, 0) is 5.88 Å². The van der Waals surface area contributed by atoms with Crippen LogP contribution in [0.4, 0.5) is 0 Å². The molecule has 1 aromatic heterocycles. The second kappa shape index (κ2) is 5.29. The molecule has 0 aliphatic carbocycles. The SMILES string of the molecule is ClCc1cccc(Oc2cnc3ccccc3c2)c1. The molecule has 0 bridgehead atoms. The molecule has 3 aromatic rings. The fraction of sp³-hybridized carbons (Fsp3) is 0.0625. The zero-order chi connectivity index (χ0) is 13.1. The van der Waals surface area contributed by atoms with Crippen LogP contribution < -0.4 is 4.74 Å². The standard InChI is InChI=1S/C16H12ClNO/c17-10-12-4-3-6-14(8-12)19-15-9-13-5-1-2-7-16(13)18-11-15/h1-9,11H,10H2. The van der Waals surface area contributed by atoms with Crippen LogP contribution in [0, 0.1) is 0 Å². The molecule has 0 fully saturated rings. The molecule has 0 saturated heterocycles. The second-order valence-electron chi connectivity index (χ2n) is 4.25. The quantitative estimate of drug-likeness (QED) is 0.639. The van der Waals surface area contributed by atoms with Crippen LogP contribution in [0.15, 0.2) is 60.8 Å². The van der Waals surface area contributed by atoms with E-state index in [1.807, 2.05) is 54.6 Å². The third-order valence-corrected chi connectivity index (χ3v) is 3.16. The summed E-state index contributed by atoms with van der Waals surface area (Å²) in [5, 5.41) is 1.06. The predicted molar refractivity (Wildman–Crippen MR) is 77.8 cm³/mol. The van der Waals surface area contributed by atoms with Gasteiger partial charge in [0, 0.05) is 11.3 Å². The fourth-order valence-electron chi connectivity index (χ4n) is 1.93. The molecule has 0 unspecified atom stereocenters. The van der Waals surface area contributed by atoms with E-state index >= 15 is 0 Å². The Morgan fingerprint density at radius 3 is 2.74 bits per heavy atom. The zero-order valence-electron chi connectivity index (χ0n) is 10.2. The Morgan fingerprint density at radius 2 is 1.84 bits per heavy atom. The normalized spacial score (nSPS) is 10.6. The van der Waals surface area contributed by atoms with E-state index < -0.39 is 0 Å². The first-order valence-corrected chi connectivity index (χ1v) is 6.56. The highest BCUT2D eigenvalue weighted by atomic mass is 35.5. The van der Waals surface area contributed by atoms with Gasteiger partial charge in [0.25, 0.3) is 0 Å².